The molecule has 19 nitrogen and oxygen atoms in total. The number of aromatic nitrogens is 3. The standard InChI is InChI=1S/2C23H20F4N4O2.C14H10ClF4N3O.C8H10N2O/c2*1-13(32)9-14-3-6-16(7-4-14)30-21-11-20(18(12-29-21)23(25,26)27)31-19-8-5-15(24)10-17(19)22(33)28-2;1-20-13(23)8-4-7(16)2-3-10(8)22-11-5-12(15)21-6-9(11)14(17,18)19;1-6(11)10-8-4-2-7(9)3-5-8/h2*3-8,10-12H,9H2,1-2H3,(H,28,33)(H2,29,30,31);2-6H,1H3,(H,20,23)(H,21,22);2-5H,9H2,1H3,(H,10,11). The molecule has 6 aromatic carbocycles. The number of rotatable bonds is 18. The van der Waals surface area contributed by atoms with Crippen LogP contribution in [0.1, 0.15) is 79.7 Å². The van der Waals surface area contributed by atoms with Crippen molar-refractivity contribution in [1.82, 2.24) is 30.9 Å². The monoisotopic (exact) mass is 1420 g/mol. The number of hydrogen-bond donors (Lipinski definition) is 10. The molecule has 9 rings (SSSR count). The van der Waals surface area contributed by atoms with Gasteiger partial charge in [-0.25, -0.2) is 28.1 Å². The second-order valence-corrected chi connectivity index (χ2v) is 21.6. The lowest BCUT2D eigenvalue weighted by Crippen LogP contribution is -2.20. The quantitative estimate of drug-likeness (QED) is 0.0217. The summed E-state index contributed by atoms with van der Waals surface area (Å²) in [7, 11) is 3.98. The molecule has 0 radical (unpaired) electrons. The van der Waals surface area contributed by atoms with Gasteiger partial charge in [-0.1, -0.05) is 35.9 Å². The molecule has 3 heterocycles. The first kappa shape index (κ1) is 77.2. The molecular formula is C68H60ClF12N13O6. The van der Waals surface area contributed by atoms with Crippen molar-refractivity contribution >= 4 is 115 Å². The molecule has 0 saturated carbocycles. The molecule has 0 bridgehead atoms. The minimum Gasteiger partial charge on any atom is -0.399 e. The van der Waals surface area contributed by atoms with Crippen LogP contribution in [0.25, 0.3) is 0 Å². The van der Waals surface area contributed by atoms with Crippen LogP contribution in [-0.4, -0.2) is 71.3 Å². The molecule has 3 aromatic heterocycles. The van der Waals surface area contributed by atoms with E-state index in [4.69, 9.17) is 17.3 Å². The van der Waals surface area contributed by atoms with Gasteiger partial charge in [0.05, 0.1) is 67.5 Å². The van der Waals surface area contributed by atoms with E-state index in [9.17, 15) is 81.5 Å². The lowest BCUT2D eigenvalue weighted by molar-refractivity contribution is -0.138. The van der Waals surface area contributed by atoms with Crippen LogP contribution in [0, 0.1) is 17.5 Å². The van der Waals surface area contributed by atoms with Gasteiger partial charge in [0.2, 0.25) is 5.91 Å². The molecule has 0 aliphatic rings. The Morgan fingerprint density at radius 2 is 0.710 bits per heavy atom. The zero-order valence-corrected chi connectivity index (χ0v) is 54.0. The van der Waals surface area contributed by atoms with Gasteiger partial charge in [-0.2, -0.15) is 39.5 Å². The van der Waals surface area contributed by atoms with Gasteiger partial charge >= 0.3 is 18.5 Å². The highest BCUT2D eigenvalue weighted by molar-refractivity contribution is 6.29. The van der Waals surface area contributed by atoms with E-state index in [1.165, 1.54) is 54.0 Å². The maximum atomic E-state index is 13.6. The predicted octanol–water partition coefficient (Wildman–Crippen LogP) is 15.7. The number of nitrogen functional groups attached to an aromatic ring is 1. The molecule has 0 aliphatic heterocycles. The first-order chi connectivity index (χ1) is 47.0. The molecule has 9 aromatic rings. The Labute approximate surface area is 567 Å². The summed E-state index contributed by atoms with van der Waals surface area (Å²) in [5.41, 5.74) is 4.82. The summed E-state index contributed by atoms with van der Waals surface area (Å²) in [5, 5.41) is 22.8. The number of Topliss-reactive ketones (excluding diaryl/α,β-unsaturated/α-hetero) is 2. The number of pyridine rings is 3. The Balaban J connectivity index is 0.000000222. The Morgan fingerprint density at radius 3 is 1.01 bits per heavy atom. The van der Waals surface area contributed by atoms with Crippen LogP contribution in [0.5, 0.6) is 0 Å². The molecule has 524 valence electrons. The second-order valence-electron chi connectivity index (χ2n) is 21.2. The molecule has 4 amide bonds. The van der Waals surface area contributed by atoms with E-state index in [-0.39, 0.29) is 92.2 Å². The van der Waals surface area contributed by atoms with Crippen molar-refractivity contribution in [3.63, 3.8) is 0 Å². The summed E-state index contributed by atoms with van der Waals surface area (Å²) in [6.45, 7) is 4.42. The van der Waals surface area contributed by atoms with Crippen LogP contribution in [0.15, 0.2) is 164 Å². The Hall–Kier alpha value is -11.8. The molecule has 0 aliphatic carbocycles. The number of nitrogens with two attached hydrogens (primary N) is 1. The third kappa shape index (κ3) is 23.2. The lowest BCUT2D eigenvalue weighted by atomic mass is 10.1. The number of alkyl halides is 9. The smallest absolute Gasteiger partial charge is 0.399 e. The molecular weight excluding hydrogens is 1360 g/mol. The number of ketones is 2. The number of nitrogens with one attached hydrogen (secondary N) is 9. The van der Waals surface area contributed by atoms with Gasteiger partial charge in [0.1, 0.15) is 45.8 Å². The third-order valence-electron chi connectivity index (χ3n) is 13.4. The van der Waals surface area contributed by atoms with Gasteiger partial charge < -0.3 is 53.6 Å². The van der Waals surface area contributed by atoms with Gasteiger partial charge in [0.15, 0.2) is 0 Å². The van der Waals surface area contributed by atoms with Crippen molar-refractivity contribution in [3.8, 4) is 0 Å². The van der Waals surface area contributed by atoms with E-state index in [1.54, 1.807) is 72.8 Å². The van der Waals surface area contributed by atoms with Crippen LogP contribution in [0.2, 0.25) is 5.15 Å². The van der Waals surface area contributed by atoms with Gasteiger partial charge in [-0.3, -0.25) is 28.8 Å². The van der Waals surface area contributed by atoms with Gasteiger partial charge in [0, 0.05) is 94.4 Å². The SMILES string of the molecule is CC(=O)Nc1ccc(N)cc1.CNC(=O)c1cc(F)ccc1Nc1cc(Cl)ncc1C(F)(F)F.CNC(=O)c1cc(F)ccc1Nc1cc(Nc2ccc(CC(C)=O)cc2)ncc1C(F)(F)F.CNC(=O)c1cc(F)ccc1Nc1cc(Nc2ccc(CC(C)=O)cc2)ncc1C(F)(F)F. The Bertz CT molecular complexity index is 4230. The zero-order valence-electron chi connectivity index (χ0n) is 53.3. The summed E-state index contributed by atoms with van der Waals surface area (Å²) < 4.78 is 161. The van der Waals surface area contributed by atoms with E-state index in [2.05, 4.69) is 62.8 Å². The van der Waals surface area contributed by atoms with Crippen molar-refractivity contribution in [2.75, 3.05) is 58.8 Å². The first-order valence-electron chi connectivity index (χ1n) is 29.1. The topological polar surface area (TPSA) is 275 Å². The zero-order chi connectivity index (χ0) is 73.8. The number of halogens is 13. The van der Waals surface area contributed by atoms with Crippen molar-refractivity contribution in [1.29, 1.82) is 0 Å². The fraction of sp³-hybridized carbons (Fsp3) is 0.162. The Morgan fingerprint density at radius 1 is 0.400 bits per heavy atom. The average Bonchev–Trinajstić information content (AvgIpc) is 0.813. The average molecular weight is 1420 g/mol. The molecule has 0 spiro atoms. The van der Waals surface area contributed by atoms with E-state index in [1.807, 2.05) is 0 Å². The fourth-order valence-corrected chi connectivity index (χ4v) is 8.95. The predicted molar refractivity (Wildman–Crippen MR) is 355 cm³/mol. The number of anilines is 12. The molecule has 0 fully saturated rings. The van der Waals surface area contributed by atoms with Crippen LogP contribution >= 0.6 is 11.6 Å². The molecule has 11 N–H and O–H groups in total. The molecule has 0 atom stereocenters. The summed E-state index contributed by atoms with van der Waals surface area (Å²) in [6, 6.07) is 33.2. The highest BCUT2D eigenvalue weighted by atomic mass is 35.5. The maximum absolute atomic E-state index is 13.6. The van der Waals surface area contributed by atoms with Crippen molar-refractivity contribution in [2.24, 2.45) is 0 Å². The van der Waals surface area contributed by atoms with Crippen LogP contribution in [0.3, 0.4) is 0 Å². The molecule has 32 heteroatoms. The number of carbonyl (C=O) groups is 6. The third-order valence-corrected chi connectivity index (χ3v) is 13.6. The number of carbonyl (C=O) groups excluding carboxylic acids is 6. The maximum Gasteiger partial charge on any atom is 0.419 e. The first-order valence-corrected chi connectivity index (χ1v) is 29.5. The Kier molecular flexibility index (Phi) is 26.6. The summed E-state index contributed by atoms with van der Waals surface area (Å²) in [6.07, 6.45) is -11.7. The molecule has 0 saturated heterocycles. The second kappa shape index (κ2) is 34.4. The van der Waals surface area contributed by atoms with Crippen LogP contribution < -0.4 is 53.6 Å². The van der Waals surface area contributed by atoms with E-state index < -0.39 is 76.1 Å². The summed E-state index contributed by atoms with van der Waals surface area (Å²) in [4.78, 5) is 80.0. The highest BCUT2D eigenvalue weighted by Gasteiger charge is 2.37. The minimum absolute atomic E-state index is 0.00137. The highest BCUT2D eigenvalue weighted by Crippen LogP contribution is 2.41. The minimum atomic E-state index is -4.73. The number of benzene rings is 6. The summed E-state index contributed by atoms with van der Waals surface area (Å²) >= 11 is 5.63. The number of hydrogen-bond acceptors (Lipinski definition) is 15. The number of amides is 4. The fourth-order valence-electron chi connectivity index (χ4n) is 8.80. The van der Waals surface area contributed by atoms with Crippen molar-refractivity contribution < 1.29 is 81.5 Å². The van der Waals surface area contributed by atoms with Gasteiger partial charge in [-0.15, -0.1) is 0 Å². The lowest BCUT2D eigenvalue weighted by Gasteiger charge is -2.18. The summed E-state index contributed by atoms with van der Waals surface area (Å²) in [5.74, 6) is -3.94. The molecule has 0 unspecified atom stereocenters. The number of nitrogens with zero attached hydrogens (tertiary/aromatic N) is 3. The molecule has 100 heavy (non-hydrogen) atoms. The normalized spacial score (nSPS) is 10.9. The van der Waals surface area contributed by atoms with E-state index in [0.29, 0.717) is 35.7 Å². The van der Waals surface area contributed by atoms with Gasteiger partial charge in [-0.05, 0) is 134 Å². The van der Waals surface area contributed by atoms with Crippen molar-refractivity contribution in [2.45, 2.75) is 52.1 Å². The van der Waals surface area contributed by atoms with Crippen LogP contribution in [0.4, 0.5) is 121 Å². The van der Waals surface area contributed by atoms with E-state index >= 15 is 0 Å². The largest absolute Gasteiger partial charge is 0.419 e. The van der Waals surface area contributed by atoms with Crippen LogP contribution in [-0.2, 0) is 45.8 Å². The van der Waals surface area contributed by atoms with Gasteiger partial charge in [0.25, 0.3) is 17.7 Å². The van der Waals surface area contributed by atoms with Crippen molar-refractivity contribution in [3.05, 3.63) is 231 Å². The van der Waals surface area contributed by atoms with E-state index in [0.717, 1.165) is 77.5 Å².